The van der Waals surface area contributed by atoms with Crippen molar-refractivity contribution < 1.29 is 9.47 Å². The SMILES string of the molecule is CC1OCCC1CNC1CCOC2(CCCCC2)C1. The predicted molar refractivity (Wildman–Crippen MR) is 76.3 cm³/mol. The van der Waals surface area contributed by atoms with E-state index in [2.05, 4.69) is 12.2 Å². The van der Waals surface area contributed by atoms with Crippen LogP contribution < -0.4 is 5.32 Å². The molecule has 0 aromatic heterocycles. The van der Waals surface area contributed by atoms with E-state index in [0.29, 0.717) is 18.1 Å². The second kappa shape index (κ2) is 6.11. The van der Waals surface area contributed by atoms with Gasteiger partial charge in [-0.25, -0.2) is 0 Å². The molecule has 0 aromatic carbocycles. The van der Waals surface area contributed by atoms with Crippen LogP contribution in [-0.2, 0) is 9.47 Å². The van der Waals surface area contributed by atoms with Gasteiger partial charge in [-0.2, -0.15) is 0 Å². The van der Waals surface area contributed by atoms with Crippen molar-refractivity contribution in [2.75, 3.05) is 19.8 Å². The first-order valence-corrected chi connectivity index (χ1v) is 8.26. The van der Waals surface area contributed by atoms with Crippen LogP contribution in [0.2, 0.25) is 0 Å². The molecular formula is C16H29NO2. The van der Waals surface area contributed by atoms with Crippen LogP contribution in [-0.4, -0.2) is 37.5 Å². The molecule has 1 saturated carbocycles. The van der Waals surface area contributed by atoms with Crippen molar-refractivity contribution >= 4 is 0 Å². The molecule has 110 valence electrons. The van der Waals surface area contributed by atoms with Gasteiger partial charge in [-0.1, -0.05) is 19.3 Å². The summed E-state index contributed by atoms with van der Waals surface area (Å²) in [7, 11) is 0. The summed E-state index contributed by atoms with van der Waals surface area (Å²) in [5, 5.41) is 3.81. The van der Waals surface area contributed by atoms with Crippen LogP contribution in [0.5, 0.6) is 0 Å². The lowest BCUT2D eigenvalue weighted by atomic mass is 9.78. The zero-order valence-electron chi connectivity index (χ0n) is 12.3. The Kier molecular flexibility index (Phi) is 4.45. The van der Waals surface area contributed by atoms with E-state index >= 15 is 0 Å². The number of rotatable bonds is 3. The van der Waals surface area contributed by atoms with Crippen LogP contribution in [0.4, 0.5) is 0 Å². The standard InChI is InChI=1S/C16H29NO2/c1-13-14(5-9-18-13)12-17-15-6-10-19-16(11-15)7-3-2-4-8-16/h13-15,17H,2-12H2,1H3. The molecule has 3 rings (SSSR count). The normalized spacial score (nSPS) is 38.7. The van der Waals surface area contributed by atoms with Crippen molar-refractivity contribution in [2.24, 2.45) is 5.92 Å². The Balaban J connectivity index is 1.48. The van der Waals surface area contributed by atoms with E-state index in [9.17, 15) is 0 Å². The average Bonchev–Trinajstić information content (AvgIpc) is 2.83. The summed E-state index contributed by atoms with van der Waals surface area (Å²) in [6, 6.07) is 0.666. The van der Waals surface area contributed by atoms with Crippen LogP contribution in [0.25, 0.3) is 0 Å². The zero-order chi connectivity index (χ0) is 13.1. The van der Waals surface area contributed by atoms with Crippen LogP contribution in [0.15, 0.2) is 0 Å². The molecule has 3 nitrogen and oxygen atoms in total. The van der Waals surface area contributed by atoms with E-state index in [-0.39, 0.29) is 5.60 Å². The summed E-state index contributed by atoms with van der Waals surface area (Å²) < 4.78 is 11.8. The second-order valence-electron chi connectivity index (χ2n) is 6.81. The predicted octanol–water partition coefficient (Wildman–Crippen LogP) is 2.88. The maximum Gasteiger partial charge on any atom is 0.0697 e. The van der Waals surface area contributed by atoms with E-state index in [1.807, 2.05) is 0 Å². The van der Waals surface area contributed by atoms with Gasteiger partial charge < -0.3 is 14.8 Å². The summed E-state index contributed by atoms with van der Waals surface area (Å²) in [5.41, 5.74) is 0.228. The number of nitrogens with one attached hydrogen (secondary N) is 1. The van der Waals surface area contributed by atoms with Crippen molar-refractivity contribution in [3.05, 3.63) is 0 Å². The Hall–Kier alpha value is -0.120. The highest BCUT2D eigenvalue weighted by atomic mass is 16.5. The third-order valence-corrected chi connectivity index (χ3v) is 5.46. The number of hydrogen-bond donors (Lipinski definition) is 1. The molecule has 1 spiro atoms. The minimum atomic E-state index is 0.228. The van der Waals surface area contributed by atoms with E-state index in [1.54, 1.807) is 0 Å². The van der Waals surface area contributed by atoms with Crippen LogP contribution in [0.3, 0.4) is 0 Å². The third kappa shape index (κ3) is 3.32. The summed E-state index contributed by atoms with van der Waals surface area (Å²) in [4.78, 5) is 0. The molecule has 3 heteroatoms. The molecule has 3 aliphatic rings. The van der Waals surface area contributed by atoms with Gasteiger partial charge in [0.2, 0.25) is 0 Å². The fourth-order valence-electron chi connectivity index (χ4n) is 4.11. The van der Waals surface area contributed by atoms with Gasteiger partial charge in [0.05, 0.1) is 11.7 Å². The van der Waals surface area contributed by atoms with Crippen LogP contribution in [0, 0.1) is 5.92 Å². The molecule has 0 aromatic rings. The van der Waals surface area contributed by atoms with E-state index < -0.39 is 0 Å². The van der Waals surface area contributed by atoms with Gasteiger partial charge in [-0.3, -0.25) is 0 Å². The quantitative estimate of drug-likeness (QED) is 0.853. The molecule has 0 radical (unpaired) electrons. The smallest absolute Gasteiger partial charge is 0.0697 e. The lowest BCUT2D eigenvalue weighted by molar-refractivity contribution is -0.109. The lowest BCUT2D eigenvalue weighted by Crippen LogP contribution is -2.49. The molecule has 2 aliphatic heterocycles. The Labute approximate surface area is 117 Å². The summed E-state index contributed by atoms with van der Waals surface area (Å²) in [5.74, 6) is 0.713. The molecular weight excluding hydrogens is 238 g/mol. The first kappa shape index (κ1) is 13.8. The van der Waals surface area contributed by atoms with Crippen molar-refractivity contribution in [2.45, 2.75) is 76.0 Å². The van der Waals surface area contributed by atoms with Crippen molar-refractivity contribution in [1.29, 1.82) is 0 Å². The molecule has 3 fully saturated rings. The molecule has 1 N–H and O–H groups in total. The fraction of sp³-hybridized carbons (Fsp3) is 1.00. The van der Waals surface area contributed by atoms with Crippen molar-refractivity contribution in [3.63, 3.8) is 0 Å². The zero-order valence-corrected chi connectivity index (χ0v) is 12.3. The summed E-state index contributed by atoms with van der Waals surface area (Å²) in [6.07, 6.45) is 10.8. The van der Waals surface area contributed by atoms with Gasteiger partial charge in [0, 0.05) is 25.8 Å². The maximum absolute atomic E-state index is 6.16. The Morgan fingerprint density at radius 3 is 2.68 bits per heavy atom. The van der Waals surface area contributed by atoms with Gasteiger partial charge >= 0.3 is 0 Å². The van der Waals surface area contributed by atoms with E-state index in [0.717, 1.165) is 19.8 Å². The van der Waals surface area contributed by atoms with Gasteiger partial charge in [-0.05, 0) is 44.9 Å². The highest BCUT2D eigenvalue weighted by Crippen LogP contribution is 2.38. The molecule has 3 unspecified atom stereocenters. The van der Waals surface area contributed by atoms with Crippen molar-refractivity contribution in [3.8, 4) is 0 Å². The topological polar surface area (TPSA) is 30.5 Å². The van der Waals surface area contributed by atoms with E-state index in [1.165, 1.54) is 51.4 Å². The molecule has 19 heavy (non-hydrogen) atoms. The monoisotopic (exact) mass is 267 g/mol. The molecule has 2 saturated heterocycles. The Morgan fingerprint density at radius 1 is 1.11 bits per heavy atom. The maximum atomic E-state index is 6.16. The van der Waals surface area contributed by atoms with Gasteiger partial charge in [-0.15, -0.1) is 0 Å². The summed E-state index contributed by atoms with van der Waals surface area (Å²) >= 11 is 0. The third-order valence-electron chi connectivity index (χ3n) is 5.46. The average molecular weight is 267 g/mol. The Morgan fingerprint density at radius 2 is 1.95 bits per heavy atom. The molecule has 0 amide bonds. The highest BCUT2D eigenvalue weighted by molar-refractivity contribution is 4.92. The lowest BCUT2D eigenvalue weighted by Gasteiger charge is -2.44. The first-order chi connectivity index (χ1) is 9.27. The number of hydrogen-bond acceptors (Lipinski definition) is 3. The molecule has 2 heterocycles. The van der Waals surface area contributed by atoms with Crippen LogP contribution in [0.1, 0.15) is 58.3 Å². The highest BCUT2D eigenvalue weighted by Gasteiger charge is 2.38. The molecule has 1 aliphatic carbocycles. The van der Waals surface area contributed by atoms with Gasteiger partial charge in [0.25, 0.3) is 0 Å². The van der Waals surface area contributed by atoms with Gasteiger partial charge in [0.1, 0.15) is 0 Å². The minimum Gasteiger partial charge on any atom is -0.378 e. The number of ether oxygens (including phenoxy) is 2. The van der Waals surface area contributed by atoms with Crippen LogP contribution >= 0.6 is 0 Å². The molecule has 3 atom stereocenters. The summed E-state index contributed by atoms with van der Waals surface area (Å²) in [6.45, 7) is 5.24. The van der Waals surface area contributed by atoms with Gasteiger partial charge in [0.15, 0.2) is 0 Å². The largest absolute Gasteiger partial charge is 0.378 e. The van der Waals surface area contributed by atoms with Crippen molar-refractivity contribution in [1.82, 2.24) is 5.32 Å². The molecule has 0 bridgehead atoms. The minimum absolute atomic E-state index is 0.228. The first-order valence-electron chi connectivity index (χ1n) is 8.26. The Bertz CT molecular complexity index is 283. The van der Waals surface area contributed by atoms with E-state index in [4.69, 9.17) is 9.47 Å². The second-order valence-corrected chi connectivity index (χ2v) is 6.81. The fourth-order valence-corrected chi connectivity index (χ4v) is 4.11.